The van der Waals surface area contributed by atoms with E-state index in [0.717, 1.165) is 17.6 Å². The first-order valence-electron chi connectivity index (χ1n) is 4.77. The quantitative estimate of drug-likeness (QED) is 0.220. The molecule has 0 unspecified atom stereocenters. The van der Waals surface area contributed by atoms with Crippen LogP contribution in [0.1, 0.15) is 15.9 Å². The fraction of sp³-hybridized carbons (Fsp3) is 0.300. The molecule has 1 aromatic rings. The number of amides is 1. The van der Waals surface area contributed by atoms with Crippen LogP contribution in [0, 0.1) is 6.92 Å². The van der Waals surface area contributed by atoms with Crippen molar-refractivity contribution in [3.8, 4) is 0 Å². The number of hydrogen-bond acceptors (Lipinski definition) is 5. The summed E-state index contributed by atoms with van der Waals surface area (Å²) in [4.78, 5) is 12.4. The van der Waals surface area contributed by atoms with Crippen LogP contribution in [0.15, 0.2) is 23.1 Å². The topological polar surface area (TPSA) is 70.6 Å². The summed E-state index contributed by atoms with van der Waals surface area (Å²) in [7, 11) is 0. The molecule has 1 N–H and O–H groups in total. The average Bonchev–Trinajstić information content (AvgIpc) is 2.33. The van der Waals surface area contributed by atoms with Crippen molar-refractivity contribution in [2.24, 2.45) is 0 Å². The Bertz CT molecular complexity index is 394. The maximum absolute atomic E-state index is 11.7. The molecule has 0 radical (unpaired) electrons. The second-order valence-corrected chi connectivity index (χ2v) is 4.71. The van der Waals surface area contributed by atoms with Gasteiger partial charge < -0.3 is 10.6 Å². The van der Waals surface area contributed by atoms with Gasteiger partial charge in [-0.2, -0.15) is 4.33 Å². The number of aryl methyl sites for hydroxylation is 1. The van der Waals surface area contributed by atoms with Gasteiger partial charge in [-0.1, -0.05) is 15.9 Å². The Balaban J connectivity index is 0.00000289. The van der Waals surface area contributed by atoms with Gasteiger partial charge >= 0.3 is 29.6 Å². The molecule has 0 aliphatic heterocycles. The van der Waals surface area contributed by atoms with Gasteiger partial charge in [0, 0.05) is 22.3 Å². The van der Waals surface area contributed by atoms with Crippen LogP contribution in [-0.4, -0.2) is 17.8 Å². The number of alkyl halides is 1. The SMILES string of the molecule is Cc1cc(SOO[O-])ccc1C(=O)NCCBr.[Na+]. The van der Waals surface area contributed by atoms with Crippen molar-refractivity contribution in [2.45, 2.75) is 11.8 Å². The van der Waals surface area contributed by atoms with Crippen molar-refractivity contribution in [3.05, 3.63) is 29.3 Å². The van der Waals surface area contributed by atoms with Gasteiger partial charge in [-0.15, -0.1) is 0 Å². The zero-order chi connectivity index (χ0) is 12.7. The molecule has 1 aromatic carbocycles. The third-order valence-electron chi connectivity index (χ3n) is 1.98. The van der Waals surface area contributed by atoms with E-state index < -0.39 is 0 Å². The minimum absolute atomic E-state index is 0. The monoisotopic (exact) mass is 343 g/mol. The van der Waals surface area contributed by atoms with Gasteiger partial charge in [0.05, 0.1) is 12.0 Å². The molecule has 0 aliphatic rings. The molecular formula is C10H11BrNNaO4S. The van der Waals surface area contributed by atoms with Crippen molar-refractivity contribution in [1.82, 2.24) is 5.32 Å². The molecule has 0 atom stereocenters. The van der Waals surface area contributed by atoms with Crippen molar-refractivity contribution in [1.29, 1.82) is 0 Å². The molecule has 8 heteroatoms. The third kappa shape index (κ3) is 6.03. The van der Waals surface area contributed by atoms with Gasteiger partial charge in [-0.05, 0) is 30.7 Å². The van der Waals surface area contributed by atoms with E-state index in [0.29, 0.717) is 22.3 Å². The first-order valence-corrected chi connectivity index (χ1v) is 6.63. The van der Waals surface area contributed by atoms with Crippen molar-refractivity contribution < 1.29 is 49.0 Å². The van der Waals surface area contributed by atoms with Crippen molar-refractivity contribution in [3.63, 3.8) is 0 Å². The summed E-state index contributed by atoms with van der Waals surface area (Å²) < 4.78 is 4.19. The number of hydrogen-bond donors (Lipinski definition) is 1. The maximum atomic E-state index is 11.7. The third-order valence-corrected chi connectivity index (χ3v) is 2.95. The van der Waals surface area contributed by atoms with E-state index in [9.17, 15) is 10.1 Å². The van der Waals surface area contributed by atoms with E-state index >= 15 is 0 Å². The summed E-state index contributed by atoms with van der Waals surface area (Å²) in [5.41, 5.74) is 1.40. The zero-order valence-electron chi connectivity index (χ0n) is 10.1. The Morgan fingerprint density at radius 3 is 2.83 bits per heavy atom. The predicted octanol–water partition coefficient (Wildman–Crippen LogP) is -1.65. The molecule has 1 rings (SSSR count). The Morgan fingerprint density at radius 1 is 1.56 bits per heavy atom. The second kappa shape index (κ2) is 10.2. The molecule has 5 nitrogen and oxygen atoms in total. The van der Waals surface area contributed by atoms with E-state index in [1.807, 2.05) is 6.92 Å². The molecule has 0 heterocycles. The first-order chi connectivity index (χ1) is 8.19. The molecular weight excluding hydrogens is 333 g/mol. The molecule has 0 spiro atoms. The molecule has 0 bridgehead atoms. The van der Waals surface area contributed by atoms with E-state index in [-0.39, 0.29) is 35.5 Å². The Kier molecular flexibility index (Phi) is 10.4. The Morgan fingerprint density at radius 2 is 2.28 bits per heavy atom. The van der Waals surface area contributed by atoms with Gasteiger partial charge in [0.2, 0.25) is 0 Å². The summed E-state index contributed by atoms with van der Waals surface area (Å²) in [6, 6.07) is 5.10. The Labute approximate surface area is 140 Å². The standard InChI is InChI=1S/C10H12BrNO4S.Na/c1-7-6-8(17-16-15-14)2-3-9(7)10(13)12-5-4-11;/h2-3,6,14H,4-5H2,1H3,(H,12,13);/q;+1/p-1. The van der Waals surface area contributed by atoms with Gasteiger partial charge in [0.1, 0.15) is 0 Å². The van der Waals surface area contributed by atoms with Gasteiger partial charge in [-0.25, -0.2) is 0 Å². The van der Waals surface area contributed by atoms with Crippen LogP contribution >= 0.6 is 28.0 Å². The molecule has 0 aliphatic carbocycles. The smallest absolute Gasteiger partial charge is 0.691 e. The summed E-state index contributed by atoms with van der Waals surface area (Å²) in [5, 5.41) is 16.4. The largest absolute Gasteiger partial charge is 1.00 e. The number of halogens is 1. The molecule has 0 saturated carbocycles. The molecule has 0 aromatic heterocycles. The number of carbonyl (C=O) groups excluding carboxylic acids is 1. The molecule has 1 amide bonds. The van der Waals surface area contributed by atoms with Crippen LogP contribution in [0.5, 0.6) is 0 Å². The van der Waals surface area contributed by atoms with Crippen LogP contribution < -0.4 is 40.1 Å². The average molecular weight is 344 g/mol. The minimum atomic E-state index is -0.125. The molecule has 0 fully saturated rings. The molecule has 0 saturated heterocycles. The summed E-state index contributed by atoms with van der Waals surface area (Å²) in [6.07, 6.45) is 0. The number of nitrogens with one attached hydrogen (secondary N) is 1. The minimum Gasteiger partial charge on any atom is -0.691 e. The van der Waals surface area contributed by atoms with Crippen LogP contribution in [0.3, 0.4) is 0 Å². The fourth-order valence-corrected chi connectivity index (χ4v) is 1.91. The summed E-state index contributed by atoms with van der Waals surface area (Å²) in [6.45, 7) is 2.38. The number of benzene rings is 1. The number of rotatable bonds is 6. The summed E-state index contributed by atoms with van der Waals surface area (Å²) in [5.74, 6) is -0.125. The van der Waals surface area contributed by atoms with Crippen LogP contribution in [0.25, 0.3) is 0 Å². The fourth-order valence-electron chi connectivity index (χ4n) is 1.25. The molecule has 94 valence electrons. The van der Waals surface area contributed by atoms with E-state index in [1.54, 1.807) is 18.2 Å². The first kappa shape index (κ1) is 18.4. The second-order valence-electron chi connectivity index (χ2n) is 3.14. The predicted molar refractivity (Wildman–Crippen MR) is 65.3 cm³/mol. The zero-order valence-corrected chi connectivity index (χ0v) is 14.5. The van der Waals surface area contributed by atoms with E-state index in [4.69, 9.17) is 0 Å². The normalized spacial score (nSPS) is 9.72. The van der Waals surface area contributed by atoms with E-state index in [2.05, 4.69) is 30.6 Å². The van der Waals surface area contributed by atoms with Crippen LogP contribution in [-0.2, 0) is 9.37 Å². The van der Waals surface area contributed by atoms with Gasteiger partial charge in [0.25, 0.3) is 5.91 Å². The van der Waals surface area contributed by atoms with Crippen molar-refractivity contribution >= 4 is 33.9 Å². The van der Waals surface area contributed by atoms with Crippen molar-refractivity contribution in [2.75, 3.05) is 11.9 Å². The number of carbonyl (C=O) groups is 1. The Hall–Kier alpha value is 0.400. The summed E-state index contributed by atoms with van der Waals surface area (Å²) >= 11 is 4.03. The van der Waals surface area contributed by atoms with Gasteiger partial charge in [-0.3, -0.25) is 9.83 Å². The van der Waals surface area contributed by atoms with Gasteiger partial charge in [0.15, 0.2) is 0 Å². The van der Waals surface area contributed by atoms with Crippen LogP contribution in [0.2, 0.25) is 0 Å². The molecule has 18 heavy (non-hydrogen) atoms. The van der Waals surface area contributed by atoms with Crippen LogP contribution in [0.4, 0.5) is 0 Å². The maximum Gasteiger partial charge on any atom is 1.00 e. The van der Waals surface area contributed by atoms with E-state index in [1.165, 1.54) is 0 Å².